The number of fused-ring (bicyclic) bond motifs is 1. The van der Waals surface area contributed by atoms with Gasteiger partial charge in [0.1, 0.15) is 17.7 Å². The summed E-state index contributed by atoms with van der Waals surface area (Å²) in [4.78, 5) is 25.2. The summed E-state index contributed by atoms with van der Waals surface area (Å²) >= 11 is 7.03. The van der Waals surface area contributed by atoms with Gasteiger partial charge in [-0.1, -0.05) is 24.8 Å². The topological polar surface area (TPSA) is 72.7 Å². The summed E-state index contributed by atoms with van der Waals surface area (Å²) in [5, 5.41) is 11.0. The second kappa shape index (κ2) is 6.97. The number of rotatable bonds is 5. The van der Waals surface area contributed by atoms with Gasteiger partial charge in [0.15, 0.2) is 0 Å². The van der Waals surface area contributed by atoms with E-state index in [1.54, 1.807) is 28.8 Å². The summed E-state index contributed by atoms with van der Waals surface area (Å²) in [7, 11) is 0. The molecule has 2 heterocycles. The standard InChI is InChI=1S/C17H16N2O4S2/c1-3-12-15(20)18-14(13(4-2)25-16(12)18)17(24)23-9-10-5-7-11(8-6-10)19(21)22/h3,5-8,16H,4,9H2,1-2H3/b12-3-. The number of carbonyl (C=O) groups is 1. The van der Waals surface area contributed by atoms with E-state index in [0.29, 0.717) is 5.70 Å². The van der Waals surface area contributed by atoms with Gasteiger partial charge in [-0.3, -0.25) is 19.8 Å². The van der Waals surface area contributed by atoms with Crippen LogP contribution in [0.2, 0.25) is 0 Å². The molecule has 1 saturated heterocycles. The van der Waals surface area contributed by atoms with Crippen LogP contribution in [0, 0.1) is 10.1 Å². The van der Waals surface area contributed by atoms with Crippen molar-refractivity contribution in [2.24, 2.45) is 0 Å². The molecule has 6 nitrogen and oxygen atoms in total. The van der Waals surface area contributed by atoms with Gasteiger partial charge in [-0.05, 0) is 43.3 Å². The van der Waals surface area contributed by atoms with E-state index in [1.165, 1.54) is 12.1 Å². The second-order valence-electron chi connectivity index (χ2n) is 5.51. The predicted octanol–water partition coefficient (Wildman–Crippen LogP) is 3.92. The molecule has 0 aromatic heterocycles. The van der Waals surface area contributed by atoms with Crippen LogP contribution in [0.25, 0.3) is 0 Å². The molecule has 0 spiro atoms. The van der Waals surface area contributed by atoms with Crippen LogP contribution in [0.3, 0.4) is 0 Å². The van der Waals surface area contributed by atoms with Crippen molar-refractivity contribution in [3.63, 3.8) is 0 Å². The molecule has 1 aromatic carbocycles. The molecule has 1 unspecified atom stereocenters. The summed E-state index contributed by atoms with van der Waals surface area (Å²) < 4.78 is 5.69. The molecule has 0 aliphatic carbocycles. The third-order valence-corrected chi connectivity index (χ3v) is 5.83. The second-order valence-corrected chi connectivity index (χ2v) is 7.06. The first-order chi connectivity index (χ1) is 12.0. The molecule has 3 rings (SSSR count). The summed E-state index contributed by atoms with van der Waals surface area (Å²) in [6.07, 6.45) is 2.62. The minimum atomic E-state index is -0.447. The Hall–Kier alpha value is -2.19. The van der Waals surface area contributed by atoms with Gasteiger partial charge in [-0.15, -0.1) is 0 Å². The molecule has 0 saturated carbocycles. The Kier molecular flexibility index (Phi) is 4.91. The molecule has 0 bridgehead atoms. The van der Waals surface area contributed by atoms with Gasteiger partial charge in [0.25, 0.3) is 11.6 Å². The summed E-state index contributed by atoms with van der Waals surface area (Å²) in [6, 6.07) is 6.12. The van der Waals surface area contributed by atoms with Gasteiger partial charge in [-0.2, -0.15) is 0 Å². The van der Waals surface area contributed by atoms with Crippen LogP contribution in [0.4, 0.5) is 5.69 Å². The number of nitrogens with zero attached hydrogens (tertiary/aromatic N) is 2. The van der Waals surface area contributed by atoms with Crippen LogP contribution in [-0.4, -0.2) is 26.2 Å². The number of ether oxygens (including phenoxy) is 1. The number of non-ortho nitro benzene ring substituents is 1. The van der Waals surface area contributed by atoms with Crippen molar-refractivity contribution in [3.8, 4) is 0 Å². The van der Waals surface area contributed by atoms with Crippen LogP contribution in [0.15, 0.2) is 46.5 Å². The summed E-state index contributed by atoms with van der Waals surface area (Å²) in [5.74, 6) is -0.0280. The highest BCUT2D eigenvalue weighted by Crippen LogP contribution is 2.50. The van der Waals surface area contributed by atoms with Crippen LogP contribution >= 0.6 is 24.0 Å². The van der Waals surface area contributed by atoms with Gasteiger partial charge in [0.05, 0.1) is 4.92 Å². The third kappa shape index (κ3) is 3.07. The average molecular weight is 376 g/mol. The Balaban J connectivity index is 1.70. The molecular weight excluding hydrogens is 360 g/mol. The van der Waals surface area contributed by atoms with Gasteiger partial charge < -0.3 is 4.74 Å². The fourth-order valence-electron chi connectivity index (χ4n) is 2.74. The minimum absolute atomic E-state index is 0.00312. The first kappa shape index (κ1) is 17.6. The number of amides is 1. The van der Waals surface area contributed by atoms with Crippen molar-refractivity contribution in [2.75, 3.05) is 0 Å². The van der Waals surface area contributed by atoms with Gasteiger partial charge in [-0.25, -0.2) is 0 Å². The SMILES string of the molecule is C/C=C1/C(=O)N2C(C(=S)OCc3ccc([N+](=O)[O-])cc3)=C(CC)SC12. The summed E-state index contributed by atoms with van der Waals surface area (Å²) in [5.41, 5.74) is 2.29. The van der Waals surface area contributed by atoms with Gasteiger partial charge >= 0.3 is 0 Å². The molecule has 1 atom stereocenters. The van der Waals surface area contributed by atoms with E-state index >= 15 is 0 Å². The lowest BCUT2D eigenvalue weighted by atomic mass is 10.0. The van der Waals surface area contributed by atoms with Gasteiger partial charge in [0, 0.05) is 22.6 Å². The minimum Gasteiger partial charge on any atom is -0.477 e. The maximum Gasteiger partial charge on any atom is 0.269 e. The van der Waals surface area contributed by atoms with E-state index in [1.807, 2.05) is 19.9 Å². The molecule has 1 fully saturated rings. The highest BCUT2D eigenvalue weighted by Gasteiger charge is 2.50. The molecule has 2 aliphatic heterocycles. The monoisotopic (exact) mass is 376 g/mol. The van der Waals surface area contributed by atoms with Crippen LogP contribution < -0.4 is 0 Å². The lowest BCUT2D eigenvalue weighted by Crippen LogP contribution is -2.51. The van der Waals surface area contributed by atoms with Crippen molar-refractivity contribution < 1.29 is 14.5 Å². The Bertz CT molecular complexity index is 814. The molecule has 2 aliphatic rings. The van der Waals surface area contributed by atoms with Crippen molar-refractivity contribution in [2.45, 2.75) is 32.2 Å². The highest BCUT2D eigenvalue weighted by molar-refractivity contribution is 8.04. The molecule has 1 amide bonds. The Labute approximate surface area is 154 Å². The zero-order valence-electron chi connectivity index (χ0n) is 13.7. The van der Waals surface area contributed by atoms with Crippen molar-refractivity contribution in [3.05, 3.63) is 62.2 Å². The fourth-order valence-corrected chi connectivity index (χ4v) is 4.50. The van der Waals surface area contributed by atoms with Gasteiger partial charge in [0.2, 0.25) is 5.05 Å². The van der Waals surface area contributed by atoms with Crippen LogP contribution in [0.5, 0.6) is 0 Å². The number of β-lactam (4-membered cyclic amide) rings is 1. The molecule has 1 aromatic rings. The first-order valence-corrected chi connectivity index (χ1v) is 9.06. The number of hydrogen-bond acceptors (Lipinski definition) is 6. The van der Waals surface area contributed by atoms with E-state index in [4.69, 9.17) is 17.0 Å². The lowest BCUT2D eigenvalue weighted by Gasteiger charge is -2.37. The Morgan fingerprint density at radius 1 is 1.44 bits per heavy atom. The average Bonchev–Trinajstić information content (AvgIpc) is 2.95. The number of allylic oxidation sites excluding steroid dienone is 2. The number of nitro benzene ring substituents is 1. The van der Waals surface area contributed by atoms with Crippen LogP contribution in [0.1, 0.15) is 25.8 Å². The van der Waals surface area contributed by atoms with Crippen molar-refractivity contribution in [1.82, 2.24) is 4.90 Å². The van der Waals surface area contributed by atoms with Crippen molar-refractivity contribution in [1.29, 1.82) is 0 Å². The van der Waals surface area contributed by atoms with E-state index in [2.05, 4.69) is 0 Å². The number of benzene rings is 1. The third-order valence-electron chi connectivity index (χ3n) is 4.07. The zero-order valence-corrected chi connectivity index (χ0v) is 15.4. The Morgan fingerprint density at radius 2 is 2.12 bits per heavy atom. The first-order valence-electron chi connectivity index (χ1n) is 7.78. The largest absolute Gasteiger partial charge is 0.477 e. The maximum absolute atomic E-state index is 12.3. The van der Waals surface area contributed by atoms with Crippen molar-refractivity contribution >= 4 is 40.6 Å². The number of hydrogen-bond donors (Lipinski definition) is 0. The quantitative estimate of drug-likeness (QED) is 0.255. The maximum atomic E-state index is 12.3. The highest BCUT2D eigenvalue weighted by atomic mass is 32.2. The van der Waals surface area contributed by atoms with E-state index in [0.717, 1.165) is 22.5 Å². The smallest absolute Gasteiger partial charge is 0.269 e. The van der Waals surface area contributed by atoms with E-state index in [9.17, 15) is 14.9 Å². The number of carbonyl (C=O) groups excluding carboxylic acids is 1. The summed E-state index contributed by atoms with van der Waals surface area (Å²) in [6.45, 7) is 4.08. The lowest BCUT2D eigenvalue weighted by molar-refractivity contribution is -0.384. The van der Waals surface area contributed by atoms with Crippen LogP contribution in [-0.2, 0) is 16.1 Å². The molecule has 25 heavy (non-hydrogen) atoms. The Morgan fingerprint density at radius 3 is 2.68 bits per heavy atom. The molecular formula is C17H16N2O4S2. The molecule has 130 valence electrons. The van der Waals surface area contributed by atoms with E-state index in [-0.39, 0.29) is 28.6 Å². The number of nitro groups is 1. The number of thiocarbonyl (C=S) groups is 1. The number of thioether (sulfide) groups is 1. The molecule has 8 heteroatoms. The van der Waals surface area contributed by atoms with E-state index < -0.39 is 4.92 Å². The predicted molar refractivity (Wildman–Crippen MR) is 99.8 cm³/mol. The fraction of sp³-hybridized carbons (Fsp3) is 0.294. The zero-order chi connectivity index (χ0) is 18.1. The molecule has 0 radical (unpaired) electrons. The molecule has 0 N–H and O–H groups in total. The normalized spacial score (nSPS) is 20.6.